The van der Waals surface area contributed by atoms with Crippen molar-refractivity contribution >= 4 is 33.3 Å². The van der Waals surface area contributed by atoms with E-state index in [0.717, 1.165) is 16.7 Å². The standard InChI is InChI=1S/C20H16N2O4S/c1-24-14-5-3-4-13(8-14)19(23)22-20-21-16(11-27-20)18-9-12-6-7-15(25-2)10-17(12)26-18/h3-11H,1-2H3,(H,21,22,23). The highest BCUT2D eigenvalue weighted by Gasteiger charge is 2.13. The highest BCUT2D eigenvalue weighted by atomic mass is 32.1. The molecule has 0 aliphatic rings. The summed E-state index contributed by atoms with van der Waals surface area (Å²) >= 11 is 1.34. The summed E-state index contributed by atoms with van der Waals surface area (Å²) in [5.41, 5.74) is 1.89. The number of thiazole rings is 1. The first-order chi connectivity index (χ1) is 13.2. The predicted molar refractivity (Wildman–Crippen MR) is 105 cm³/mol. The van der Waals surface area contributed by atoms with Crippen LogP contribution in [0.2, 0.25) is 0 Å². The number of carbonyl (C=O) groups is 1. The van der Waals surface area contributed by atoms with Crippen LogP contribution < -0.4 is 14.8 Å². The number of benzene rings is 2. The average molecular weight is 380 g/mol. The molecule has 2 aromatic heterocycles. The van der Waals surface area contributed by atoms with Crippen LogP contribution in [0.1, 0.15) is 10.4 Å². The lowest BCUT2D eigenvalue weighted by Crippen LogP contribution is -2.11. The minimum atomic E-state index is -0.246. The topological polar surface area (TPSA) is 73.6 Å². The second kappa shape index (κ2) is 7.13. The first-order valence-corrected chi connectivity index (χ1v) is 9.03. The van der Waals surface area contributed by atoms with E-state index >= 15 is 0 Å². The number of rotatable bonds is 5. The van der Waals surface area contributed by atoms with E-state index in [0.29, 0.717) is 27.9 Å². The highest BCUT2D eigenvalue weighted by Crippen LogP contribution is 2.32. The number of fused-ring (bicyclic) bond motifs is 1. The molecule has 0 unspecified atom stereocenters. The summed E-state index contributed by atoms with van der Waals surface area (Å²) in [5, 5.41) is 6.10. The van der Waals surface area contributed by atoms with Crippen molar-refractivity contribution in [3.63, 3.8) is 0 Å². The zero-order chi connectivity index (χ0) is 18.8. The number of amides is 1. The Bertz CT molecular complexity index is 1120. The van der Waals surface area contributed by atoms with Gasteiger partial charge in [-0.1, -0.05) is 6.07 Å². The van der Waals surface area contributed by atoms with Crippen LogP contribution in [0.3, 0.4) is 0 Å². The largest absolute Gasteiger partial charge is 0.497 e. The van der Waals surface area contributed by atoms with E-state index < -0.39 is 0 Å². The Labute approximate surface area is 159 Å². The van der Waals surface area contributed by atoms with Crippen LogP contribution in [0.25, 0.3) is 22.4 Å². The summed E-state index contributed by atoms with van der Waals surface area (Å²) < 4.78 is 16.2. The molecule has 0 radical (unpaired) electrons. The Morgan fingerprint density at radius 2 is 1.89 bits per heavy atom. The van der Waals surface area contributed by atoms with Crippen LogP contribution in [-0.4, -0.2) is 25.1 Å². The van der Waals surface area contributed by atoms with Crippen molar-refractivity contribution in [1.82, 2.24) is 4.98 Å². The number of hydrogen-bond acceptors (Lipinski definition) is 6. The van der Waals surface area contributed by atoms with Crippen molar-refractivity contribution in [2.45, 2.75) is 0 Å². The zero-order valence-electron chi connectivity index (χ0n) is 14.7. The Hall–Kier alpha value is -3.32. The number of furan rings is 1. The fourth-order valence-corrected chi connectivity index (χ4v) is 3.34. The van der Waals surface area contributed by atoms with Gasteiger partial charge in [0.15, 0.2) is 10.9 Å². The number of anilines is 1. The lowest BCUT2D eigenvalue weighted by Gasteiger charge is -2.04. The third kappa shape index (κ3) is 3.50. The fraction of sp³-hybridized carbons (Fsp3) is 0.100. The Balaban J connectivity index is 1.55. The van der Waals surface area contributed by atoms with Crippen LogP contribution in [-0.2, 0) is 0 Å². The van der Waals surface area contributed by atoms with Gasteiger partial charge in [0.2, 0.25) is 0 Å². The molecule has 0 aliphatic carbocycles. The van der Waals surface area contributed by atoms with Crippen LogP contribution in [0.15, 0.2) is 58.3 Å². The van der Waals surface area contributed by atoms with Gasteiger partial charge >= 0.3 is 0 Å². The normalized spacial score (nSPS) is 10.7. The zero-order valence-corrected chi connectivity index (χ0v) is 15.5. The summed E-state index contributed by atoms with van der Waals surface area (Å²) in [5.74, 6) is 1.74. The van der Waals surface area contributed by atoms with E-state index in [9.17, 15) is 4.79 Å². The molecule has 0 aliphatic heterocycles. The molecule has 0 atom stereocenters. The lowest BCUT2D eigenvalue weighted by atomic mass is 10.2. The maximum Gasteiger partial charge on any atom is 0.257 e. The highest BCUT2D eigenvalue weighted by molar-refractivity contribution is 7.14. The molecular formula is C20H16N2O4S. The summed E-state index contributed by atoms with van der Waals surface area (Å²) in [7, 11) is 3.18. The summed E-state index contributed by atoms with van der Waals surface area (Å²) in [6.45, 7) is 0. The second-order valence-electron chi connectivity index (χ2n) is 5.74. The van der Waals surface area contributed by atoms with Gasteiger partial charge in [0.1, 0.15) is 22.8 Å². The van der Waals surface area contributed by atoms with Crippen molar-refractivity contribution in [2.24, 2.45) is 0 Å². The molecular weight excluding hydrogens is 364 g/mol. The third-order valence-corrected chi connectivity index (χ3v) is 4.79. The molecule has 0 saturated carbocycles. The third-order valence-electron chi connectivity index (χ3n) is 4.04. The van der Waals surface area contributed by atoms with Gasteiger partial charge in [0.05, 0.1) is 14.2 Å². The smallest absolute Gasteiger partial charge is 0.257 e. The first kappa shape index (κ1) is 17.1. The van der Waals surface area contributed by atoms with Crippen molar-refractivity contribution in [3.8, 4) is 23.0 Å². The van der Waals surface area contributed by atoms with Crippen LogP contribution in [0.4, 0.5) is 5.13 Å². The first-order valence-electron chi connectivity index (χ1n) is 8.15. The Kier molecular flexibility index (Phi) is 4.52. The molecule has 1 amide bonds. The lowest BCUT2D eigenvalue weighted by molar-refractivity contribution is 0.102. The number of methoxy groups -OCH3 is 2. The van der Waals surface area contributed by atoms with Gasteiger partial charge < -0.3 is 13.9 Å². The van der Waals surface area contributed by atoms with Crippen LogP contribution in [0.5, 0.6) is 11.5 Å². The number of aromatic nitrogens is 1. The van der Waals surface area contributed by atoms with Gasteiger partial charge in [-0.2, -0.15) is 0 Å². The molecule has 4 rings (SSSR count). The molecule has 0 spiro atoms. The maximum atomic E-state index is 12.4. The quantitative estimate of drug-likeness (QED) is 0.537. The van der Waals surface area contributed by atoms with E-state index in [2.05, 4.69) is 10.3 Å². The van der Waals surface area contributed by atoms with E-state index in [1.54, 1.807) is 38.5 Å². The molecule has 1 N–H and O–H groups in total. The molecule has 4 aromatic rings. The minimum absolute atomic E-state index is 0.246. The number of carbonyl (C=O) groups excluding carboxylic acids is 1. The molecule has 0 saturated heterocycles. The average Bonchev–Trinajstić information content (AvgIpc) is 3.33. The number of ether oxygens (including phenoxy) is 2. The van der Waals surface area contributed by atoms with E-state index in [1.807, 2.05) is 29.6 Å². The number of nitrogens with one attached hydrogen (secondary N) is 1. The molecule has 27 heavy (non-hydrogen) atoms. The van der Waals surface area contributed by atoms with E-state index in [-0.39, 0.29) is 5.91 Å². The molecule has 0 bridgehead atoms. The van der Waals surface area contributed by atoms with Gasteiger partial charge in [0.25, 0.3) is 5.91 Å². The number of hydrogen-bond donors (Lipinski definition) is 1. The minimum Gasteiger partial charge on any atom is -0.497 e. The van der Waals surface area contributed by atoms with Crippen molar-refractivity contribution in [3.05, 3.63) is 59.5 Å². The van der Waals surface area contributed by atoms with Crippen LogP contribution in [0, 0.1) is 0 Å². The summed E-state index contributed by atoms with van der Waals surface area (Å²) in [6.07, 6.45) is 0. The molecule has 0 fully saturated rings. The molecule has 6 nitrogen and oxygen atoms in total. The predicted octanol–water partition coefficient (Wildman–Crippen LogP) is 4.83. The molecule has 7 heteroatoms. The Morgan fingerprint density at radius 3 is 2.70 bits per heavy atom. The Morgan fingerprint density at radius 1 is 1.07 bits per heavy atom. The van der Waals surface area contributed by atoms with E-state index in [4.69, 9.17) is 13.9 Å². The SMILES string of the molecule is COc1cccc(C(=O)Nc2nc(-c3cc4ccc(OC)cc4o3)cs2)c1. The maximum absolute atomic E-state index is 12.4. The molecule has 2 heterocycles. The molecule has 2 aromatic carbocycles. The van der Waals surface area contributed by atoms with Crippen molar-refractivity contribution in [1.29, 1.82) is 0 Å². The summed E-state index contributed by atoms with van der Waals surface area (Å²) in [6, 6.07) is 14.5. The van der Waals surface area contributed by atoms with Gasteiger partial charge in [-0.25, -0.2) is 4.98 Å². The summed E-state index contributed by atoms with van der Waals surface area (Å²) in [4.78, 5) is 16.9. The van der Waals surface area contributed by atoms with Gasteiger partial charge in [0, 0.05) is 22.4 Å². The van der Waals surface area contributed by atoms with Crippen LogP contribution >= 0.6 is 11.3 Å². The monoisotopic (exact) mass is 380 g/mol. The van der Waals surface area contributed by atoms with Crippen molar-refractivity contribution in [2.75, 3.05) is 19.5 Å². The molecule has 136 valence electrons. The van der Waals surface area contributed by atoms with Gasteiger partial charge in [-0.15, -0.1) is 11.3 Å². The fourth-order valence-electron chi connectivity index (χ4n) is 2.64. The second-order valence-corrected chi connectivity index (χ2v) is 6.60. The number of nitrogens with zero attached hydrogens (tertiary/aromatic N) is 1. The van der Waals surface area contributed by atoms with Gasteiger partial charge in [-0.3, -0.25) is 10.1 Å². The van der Waals surface area contributed by atoms with Crippen molar-refractivity contribution < 1.29 is 18.7 Å². The van der Waals surface area contributed by atoms with E-state index in [1.165, 1.54) is 11.3 Å². The van der Waals surface area contributed by atoms with Gasteiger partial charge in [-0.05, 0) is 36.4 Å².